The summed E-state index contributed by atoms with van der Waals surface area (Å²) in [6, 6.07) is 0. The van der Waals surface area contributed by atoms with E-state index < -0.39 is 0 Å². The van der Waals surface area contributed by atoms with Gasteiger partial charge >= 0.3 is 0 Å². The monoisotopic (exact) mass is 177 g/mol. The molecule has 1 saturated carbocycles. The SMILES string of the molecule is Cl.O[C@@H]1CC[C@H]2CCNC[C@H]21. The van der Waals surface area contributed by atoms with E-state index in [0.29, 0.717) is 5.92 Å². The van der Waals surface area contributed by atoms with Gasteiger partial charge in [0.05, 0.1) is 6.10 Å². The minimum Gasteiger partial charge on any atom is -0.393 e. The fourth-order valence-electron chi connectivity index (χ4n) is 2.34. The lowest BCUT2D eigenvalue weighted by atomic mass is 9.89. The highest BCUT2D eigenvalue weighted by Crippen LogP contribution is 2.35. The van der Waals surface area contributed by atoms with Gasteiger partial charge in [0.2, 0.25) is 0 Å². The summed E-state index contributed by atoms with van der Waals surface area (Å²) < 4.78 is 0. The third-order valence-corrected chi connectivity index (χ3v) is 3.00. The van der Waals surface area contributed by atoms with E-state index in [1.807, 2.05) is 0 Å². The van der Waals surface area contributed by atoms with Crippen LogP contribution in [0.25, 0.3) is 0 Å². The zero-order valence-corrected chi connectivity index (χ0v) is 7.44. The molecule has 1 aliphatic heterocycles. The van der Waals surface area contributed by atoms with Crippen molar-refractivity contribution in [2.24, 2.45) is 11.8 Å². The van der Waals surface area contributed by atoms with E-state index in [-0.39, 0.29) is 18.5 Å². The van der Waals surface area contributed by atoms with Crippen LogP contribution in [0, 0.1) is 11.8 Å². The lowest BCUT2D eigenvalue weighted by molar-refractivity contribution is 0.104. The molecule has 1 saturated heterocycles. The maximum absolute atomic E-state index is 9.48. The van der Waals surface area contributed by atoms with Crippen LogP contribution in [0.15, 0.2) is 0 Å². The molecule has 1 heterocycles. The average molecular weight is 178 g/mol. The summed E-state index contributed by atoms with van der Waals surface area (Å²) in [4.78, 5) is 0. The molecule has 66 valence electrons. The maximum atomic E-state index is 9.48. The van der Waals surface area contributed by atoms with Gasteiger partial charge in [-0.3, -0.25) is 0 Å². The maximum Gasteiger partial charge on any atom is 0.0583 e. The first-order valence-corrected chi connectivity index (χ1v) is 4.26. The van der Waals surface area contributed by atoms with Gasteiger partial charge in [0.1, 0.15) is 0 Å². The van der Waals surface area contributed by atoms with E-state index in [9.17, 15) is 5.11 Å². The van der Waals surface area contributed by atoms with Crippen molar-refractivity contribution in [3.05, 3.63) is 0 Å². The Labute approximate surface area is 73.8 Å². The van der Waals surface area contributed by atoms with Crippen molar-refractivity contribution in [3.8, 4) is 0 Å². The quantitative estimate of drug-likeness (QED) is 0.574. The van der Waals surface area contributed by atoms with Crippen LogP contribution in [0.4, 0.5) is 0 Å². The van der Waals surface area contributed by atoms with Crippen LogP contribution in [0.1, 0.15) is 19.3 Å². The van der Waals surface area contributed by atoms with Crippen LogP contribution in [-0.4, -0.2) is 24.3 Å². The molecule has 0 aromatic heterocycles. The van der Waals surface area contributed by atoms with E-state index in [2.05, 4.69) is 5.32 Å². The third-order valence-electron chi connectivity index (χ3n) is 3.00. The summed E-state index contributed by atoms with van der Waals surface area (Å²) in [6.45, 7) is 2.21. The minimum absolute atomic E-state index is 0. The predicted molar refractivity (Wildman–Crippen MR) is 47.0 cm³/mol. The fourth-order valence-corrected chi connectivity index (χ4v) is 2.34. The summed E-state index contributed by atoms with van der Waals surface area (Å²) in [5.74, 6) is 1.41. The van der Waals surface area contributed by atoms with Gasteiger partial charge in [0.15, 0.2) is 0 Å². The molecular weight excluding hydrogens is 162 g/mol. The van der Waals surface area contributed by atoms with E-state index in [1.54, 1.807) is 0 Å². The molecule has 3 heteroatoms. The number of piperidine rings is 1. The Balaban J connectivity index is 0.000000605. The molecule has 2 nitrogen and oxygen atoms in total. The molecule has 0 aromatic carbocycles. The second-order valence-corrected chi connectivity index (χ2v) is 3.56. The Bertz CT molecular complexity index is 129. The van der Waals surface area contributed by atoms with Gasteiger partial charge in [-0.25, -0.2) is 0 Å². The van der Waals surface area contributed by atoms with Gasteiger partial charge in [0.25, 0.3) is 0 Å². The zero-order chi connectivity index (χ0) is 6.97. The molecule has 3 atom stereocenters. The second-order valence-electron chi connectivity index (χ2n) is 3.56. The Morgan fingerprint density at radius 3 is 2.73 bits per heavy atom. The summed E-state index contributed by atoms with van der Waals surface area (Å²) in [5.41, 5.74) is 0. The van der Waals surface area contributed by atoms with E-state index in [0.717, 1.165) is 25.4 Å². The van der Waals surface area contributed by atoms with Gasteiger partial charge in [-0.2, -0.15) is 0 Å². The smallest absolute Gasteiger partial charge is 0.0583 e. The van der Waals surface area contributed by atoms with Gasteiger partial charge in [-0.15, -0.1) is 12.4 Å². The number of nitrogens with one attached hydrogen (secondary N) is 1. The van der Waals surface area contributed by atoms with Gasteiger partial charge in [-0.05, 0) is 31.7 Å². The highest BCUT2D eigenvalue weighted by atomic mass is 35.5. The minimum atomic E-state index is -0.00204. The molecule has 2 aliphatic rings. The molecule has 0 spiro atoms. The lowest BCUT2D eigenvalue weighted by Gasteiger charge is -2.27. The molecular formula is C8H16ClNO. The number of hydrogen-bond donors (Lipinski definition) is 2. The van der Waals surface area contributed by atoms with Crippen molar-refractivity contribution in [1.29, 1.82) is 0 Å². The van der Waals surface area contributed by atoms with Crippen LogP contribution in [0.5, 0.6) is 0 Å². The molecule has 0 radical (unpaired) electrons. The van der Waals surface area contributed by atoms with Crippen LogP contribution < -0.4 is 5.32 Å². The van der Waals surface area contributed by atoms with Crippen LogP contribution in [0.2, 0.25) is 0 Å². The zero-order valence-electron chi connectivity index (χ0n) is 6.62. The largest absolute Gasteiger partial charge is 0.393 e. The second kappa shape index (κ2) is 3.74. The van der Waals surface area contributed by atoms with E-state index >= 15 is 0 Å². The number of halogens is 1. The van der Waals surface area contributed by atoms with Crippen molar-refractivity contribution < 1.29 is 5.11 Å². The van der Waals surface area contributed by atoms with Crippen molar-refractivity contribution in [1.82, 2.24) is 5.32 Å². The van der Waals surface area contributed by atoms with E-state index in [4.69, 9.17) is 0 Å². The molecule has 2 N–H and O–H groups in total. The Kier molecular flexibility index (Phi) is 3.16. The first-order valence-electron chi connectivity index (χ1n) is 4.26. The van der Waals surface area contributed by atoms with Crippen molar-refractivity contribution >= 4 is 12.4 Å². The molecule has 0 bridgehead atoms. The normalized spacial score (nSPS) is 42.8. The summed E-state index contributed by atoms with van der Waals surface area (Å²) in [5, 5.41) is 12.8. The Morgan fingerprint density at radius 1 is 1.18 bits per heavy atom. The first kappa shape index (κ1) is 9.30. The predicted octanol–water partition coefficient (Wildman–Crippen LogP) is 0.789. The highest BCUT2D eigenvalue weighted by Gasteiger charge is 2.35. The van der Waals surface area contributed by atoms with Crippen LogP contribution >= 0.6 is 12.4 Å². The highest BCUT2D eigenvalue weighted by molar-refractivity contribution is 5.85. The molecule has 0 amide bonds. The molecule has 1 aliphatic carbocycles. The number of aliphatic hydroxyl groups is 1. The van der Waals surface area contributed by atoms with E-state index in [1.165, 1.54) is 12.8 Å². The topological polar surface area (TPSA) is 32.3 Å². The molecule has 0 aromatic rings. The Hall–Kier alpha value is 0.210. The lowest BCUT2D eigenvalue weighted by Crippen LogP contribution is -2.38. The molecule has 11 heavy (non-hydrogen) atoms. The van der Waals surface area contributed by atoms with Crippen molar-refractivity contribution in [3.63, 3.8) is 0 Å². The Morgan fingerprint density at radius 2 is 2.00 bits per heavy atom. The summed E-state index contributed by atoms with van der Waals surface area (Å²) in [7, 11) is 0. The van der Waals surface area contributed by atoms with Gasteiger partial charge < -0.3 is 10.4 Å². The number of rotatable bonds is 0. The number of hydrogen-bond acceptors (Lipinski definition) is 2. The first-order chi connectivity index (χ1) is 4.88. The average Bonchev–Trinajstić information content (AvgIpc) is 2.34. The summed E-state index contributed by atoms with van der Waals surface area (Å²) >= 11 is 0. The summed E-state index contributed by atoms with van der Waals surface area (Å²) in [6.07, 6.45) is 3.57. The molecule has 0 unspecified atom stereocenters. The van der Waals surface area contributed by atoms with Crippen LogP contribution in [-0.2, 0) is 0 Å². The van der Waals surface area contributed by atoms with Crippen molar-refractivity contribution in [2.45, 2.75) is 25.4 Å². The molecule has 2 fully saturated rings. The fraction of sp³-hybridized carbons (Fsp3) is 1.00. The van der Waals surface area contributed by atoms with Gasteiger partial charge in [-0.1, -0.05) is 0 Å². The van der Waals surface area contributed by atoms with Gasteiger partial charge in [0, 0.05) is 12.5 Å². The third kappa shape index (κ3) is 1.68. The number of fused-ring (bicyclic) bond motifs is 1. The molecule has 2 rings (SSSR count). The van der Waals surface area contributed by atoms with Crippen LogP contribution in [0.3, 0.4) is 0 Å². The standard InChI is InChI=1S/C8H15NO.ClH/c10-8-2-1-6-3-4-9-5-7(6)8;/h6-10H,1-5H2;1H/t6-,7+,8+;/m0./s1. The van der Waals surface area contributed by atoms with Crippen molar-refractivity contribution in [2.75, 3.05) is 13.1 Å². The number of aliphatic hydroxyl groups excluding tert-OH is 1.